The van der Waals surface area contributed by atoms with Gasteiger partial charge in [-0.3, -0.25) is 14.1 Å². The van der Waals surface area contributed by atoms with Gasteiger partial charge in [-0.2, -0.15) is 4.76 Å². The molecule has 0 saturated heterocycles. The molecule has 3 N–H and O–H groups in total. The summed E-state index contributed by atoms with van der Waals surface area (Å²) in [5.74, 6) is 0.344. The van der Waals surface area contributed by atoms with Gasteiger partial charge in [0, 0.05) is 19.3 Å². The smallest absolute Gasteiger partial charge is 0.348 e. The van der Waals surface area contributed by atoms with E-state index >= 15 is 0 Å². The zero-order valence-electron chi connectivity index (χ0n) is 21.9. The van der Waals surface area contributed by atoms with Crippen LogP contribution in [0, 0.1) is 17.3 Å². The first-order valence-corrected chi connectivity index (χ1v) is 16.1. The number of anilines is 2. The van der Waals surface area contributed by atoms with Crippen LogP contribution in [0.25, 0.3) is 0 Å². The highest BCUT2D eigenvalue weighted by Crippen LogP contribution is 2.60. The Morgan fingerprint density at radius 3 is 2.62 bits per heavy atom. The van der Waals surface area contributed by atoms with E-state index in [9.17, 15) is 22.9 Å². The van der Waals surface area contributed by atoms with Crippen molar-refractivity contribution in [3.8, 4) is 0 Å². The van der Waals surface area contributed by atoms with Crippen LogP contribution in [0.4, 0.5) is 11.4 Å². The summed E-state index contributed by atoms with van der Waals surface area (Å²) < 4.78 is 49.3. The van der Waals surface area contributed by atoms with Crippen molar-refractivity contribution < 1.29 is 27.4 Å². The SMILES string of the molecule is COP1(=O)N=C(C2=C(O)C3(CC4CCC3C4)N(CCC(C)(C)C)C2=O)Nc2ccc(NS(C)(=O)=O)cc21. The molecule has 1 amide bonds. The van der Waals surface area contributed by atoms with Crippen LogP contribution in [-0.2, 0) is 23.9 Å². The predicted octanol–water partition coefficient (Wildman–Crippen LogP) is 4.00. The van der Waals surface area contributed by atoms with E-state index in [1.165, 1.54) is 19.2 Å². The van der Waals surface area contributed by atoms with Crippen LogP contribution < -0.4 is 15.3 Å². The minimum absolute atomic E-state index is 0.000470. The van der Waals surface area contributed by atoms with Crippen molar-refractivity contribution in [2.24, 2.45) is 22.0 Å². The van der Waals surface area contributed by atoms with Crippen LogP contribution in [0.3, 0.4) is 0 Å². The minimum atomic E-state index is -3.88. The Morgan fingerprint density at radius 1 is 1.32 bits per heavy atom. The summed E-state index contributed by atoms with van der Waals surface area (Å²) in [5, 5.41) is 15.0. The third-order valence-electron chi connectivity index (χ3n) is 8.06. The number of sulfonamides is 1. The maximum absolute atomic E-state index is 14.0. The number of amidine groups is 1. The van der Waals surface area contributed by atoms with E-state index in [-0.39, 0.29) is 45.4 Å². The lowest BCUT2D eigenvalue weighted by Crippen LogP contribution is -2.53. The number of amides is 1. The van der Waals surface area contributed by atoms with Crippen LogP contribution in [0.5, 0.6) is 0 Å². The molecule has 4 aliphatic rings. The van der Waals surface area contributed by atoms with E-state index < -0.39 is 23.1 Å². The Balaban J connectivity index is 1.57. The second kappa shape index (κ2) is 8.58. The highest BCUT2D eigenvalue weighted by molar-refractivity contribution is 7.92. The van der Waals surface area contributed by atoms with Crippen LogP contribution in [-0.4, -0.2) is 55.6 Å². The monoisotopic (exact) mass is 550 g/mol. The molecule has 10 nitrogen and oxygen atoms in total. The molecule has 0 radical (unpaired) electrons. The molecule has 2 saturated carbocycles. The molecular formula is C25H35N4O6PS. The Hall–Kier alpha value is -2.36. The summed E-state index contributed by atoms with van der Waals surface area (Å²) in [4.78, 5) is 15.8. The summed E-state index contributed by atoms with van der Waals surface area (Å²) in [6, 6.07) is 4.49. The van der Waals surface area contributed by atoms with Gasteiger partial charge in [-0.15, -0.1) is 0 Å². The van der Waals surface area contributed by atoms with E-state index in [0.717, 1.165) is 38.4 Å². The molecule has 12 heteroatoms. The maximum atomic E-state index is 14.0. The highest BCUT2D eigenvalue weighted by Gasteiger charge is 2.63. The first-order chi connectivity index (χ1) is 17.2. The number of hydrogen-bond donors (Lipinski definition) is 3. The number of benzene rings is 1. The summed E-state index contributed by atoms with van der Waals surface area (Å²) in [6.45, 7) is 6.88. The van der Waals surface area contributed by atoms with Gasteiger partial charge in [0.05, 0.1) is 17.2 Å². The standard InChI is InChI=1S/C25H35N4O6PS/c1-24(2,3)10-11-29-23(31)20(21(30)25(29)14-15-6-7-16(25)12-15)22-26-18-9-8-17(28-37(5,33)34)13-19(18)36(32,27-22)35-4/h8-9,13,15-16,28,30H,6-7,10-12,14H2,1-5H3,(H,26,27,32). The fourth-order valence-corrected chi connectivity index (χ4v) is 8.47. The topological polar surface area (TPSA) is 137 Å². The number of hydrogen-bond acceptors (Lipinski definition) is 7. The summed E-state index contributed by atoms with van der Waals surface area (Å²) >= 11 is 0. The summed E-state index contributed by atoms with van der Waals surface area (Å²) in [6.07, 6.45) is 5.55. The molecule has 202 valence electrons. The molecule has 2 aliphatic carbocycles. The third kappa shape index (κ3) is 4.38. The molecule has 4 atom stereocenters. The largest absolute Gasteiger partial charge is 0.509 e. The lowest BCUT2D eigenvalue weighted by Gasteiger charge is -2.43. The lowest BCUT2D eigenvalue weighted by molar-refractivity contribution is -0.131. The van der Waals surface area contributed by atoms with Crippen LogP contribution in [0.2, 0.25) is 0 Å². The Kier molecular flexibility index (Phi) is 6.09. The zero-order chi connectivity index (χ0) is 27.0. The van der Waals surface area contributed by atoms with Crippen molar-refractivity contribution in [3.05, 3.63) is 29.5 Å². The molecule has 0 aromatic heterocycles. The lowest BCUT2D eigenvalue weighted by atomic mass is 9.78. The van der Waals surface area contributed by atoms with Gasteiger partial charge in [-0.1, -0.05) is 20.8 Å². The zero-order valence-corrected chi connectivity index (χ0v) is 23.6. The molecule has 2 heterocycles. The van der Waals surface area contributed by atoms with Crippen molar-refractivity contribution in [2.75, 3.05) is 29.9 Å². The minimum Gasteiger partial charge on any atom is -0.509 e. The normalized spacial score (nSPS) is 31.1. The van der Waals surface area contributed by atoms with Gasteiger partial charge in [0.25, 0.3) is 5.91 Å². The number of fused-ring (bicyclic) bond motifs is 4. The Morgan fingerprint density at radius 2 is 2.05 bits per heavy atom. The van der Waals surface area contributed by atoms with Crippen molar-refractivity contribution in [1.29, 1.82) is 0 Å². The number of nitrogens with one attached hydrogen (secondary N) is 2. The van der Waals surface area contributed by atoms with Gasteiger partial charge in [-0.05, 0) is 67.6 Å². The number of carbonyl (C=O) groups is 1. The summed E-state index contributed by atoms with van der Waals surface area (Å²) in [7, 11) is -6.18. The van der Waals surface area contributed by atoms with Crippen molar-refractivity contribution in [3.63, 3.8) is 0 Å². The van der Waals surface area contributed by atoms with E-state index in [4.69, 9.17) is 4.52 Å². The fraction of sp³-hybridized carbons (Fsp3) is 0.600. The van der Waals surface area contributed by atoms with E-state index in [1.54, 1.807) is 6.07 Å². The second-order valence-electron chi connectivity index (χ2n) is 11.9. The number of carbonyl (C=O) groups excluding carboxylic acids is 1. The average molecular weight is 551 g/mol. The molecule has 5 rings (SSSR count). The molecule has 2 fully saturated rings. The van der Waals surface area contributed by atoms with Crippen LogP contribution in [0.15, 0.2) is 34.3 Å². The van der Waals surface area contributed by atoms with Gasteiger partial charge in [0.1, 0.15) is 16.9 Å². The molecule has 2 bridgehead atoms. The molecule has 1 aromatic carbocycles. The van der Waals surface area contributed by atoms with Crippen molar-refractivity contribution in [2.45, 2.75) is 58.4 Å². The van der Waals surface area contributed by atoms with Gasteiger partial charge in [-0.25, -0.2) is 8.42 Å². The highest BCUT2D eigenvalue weighted by atomic mass is 32.2. The van der Waals surface area contributed by atoms with Gasteiger partial charge in [0.2, 0.25) is 10.0 Å². The first kappa shape index (κ1) is 26.3. The number of aliphatic hydroxyl groups excluding tert-OH is 1. The van der Waals surface area contributed by atoms with Crippen molar-refractivity contribution in [1.82, 2.24) is 4.90 Å². The Bertz CT molecular complexity index is 1380. The molecule has 1 aromatic rings. The first-order valence-electron chi connectivity index (χ1n) is 12.6. The van der Waals surface area contributed by atoms with Crippen LogP contribution in [0.1, 0.15) is 52.9 Å². The van der Waals surface area contributed by atoms with Gasteiger partial charge in [0.15, 0.2) is 5.84 Å². The van der Waals surface area contributed by atoms with E-state index in [1.807, 2.05) is 4.90 Å². The van der Waals surface area contributed by atoms with Gasteiger partial charge >= 0.3 is 7.52 Å². The second-order valence-corrected chi connectivity index (χ2v) is 15.7. The Labute approximate surface area is 218 Å². The van der Waals surface area contributed by atoms with Gasteiger partial charge < -0.3 is 19.8 Å². The van der Waals surface area contributed by atoms with E-state index in [2.05, 4.69) is 35.6 Å². The third-order valence-corrected chi connectivity index (χ3v) is 10.6. The predicted molar refractivity (Wildman–Crippen MR) is 144 cm³/mol. The molecule has 1 spiro atoms. The molecule has 37 heavy (non-hydrogen) atoms. The molecular weight excluding hydrogens is 515 g/mol. The summed E-state index contributed by atoms with van der Waals surface area (Å²) in [5.41, 5.74) is -0.126. The molecule has 2 aliphatic heterocycles. The number of rotatable bonds is 6. The quantitative estimate of drug-likeness (QED) is 0.455. The maximum Gasteiger partial charge on any atom is 0.348 e. The van der Waals surface area contributed by atoms with E-state index in [0.29, 0.717) is 18.2 Å². The average Bonchev–Trinajstić information content (AvgIpc) is 3.45. The molecule has 4 unspecified atom stereocenters. The number of aliphatic hydroxyl groups is 1. The number of nitrogens with zero attached hydrogens (tertiary/aromatic N) is 2. The van der Waals surface area contributed by atoms with Crippen molar-refractivity contribution >= 4 is 46.0 Å². The van der Waals surface area contributed by atoms with Crippen LogP contribution >= 0.6 is 7.52 Å². The fourth-order valence-electron chi connectivity index (χ4n) is 6.38.